The zero-order valence-corrected chi connectivity index (χ0v) is 17.4. The molecule has 1 fully saturated rings. The molecule has 0 bridgehead atoms. The van der Waals surface area contributed by atoms with E-state index in [1.54, 1.807) is 7.05 Å². The number of benzene rings is 1. The molecular formula is C18H29F2IN4. The van der Waals surface area contributed by atoms with Crippen molar-refractivity contribution in [1.82, 2.24) is 15.5 Å². The lowest BCUT2D eigenvalue weighted by molar-refractivity contribution is 0.232. The molecule has 0 spiro atoms. The van der Waals surface area contributed by atoms with Crippen LogP contribution in [0.15, 0.2) is 23.2 Å². The Bertz CT molecular complexity index is 548. The summed E-state index contributed by atoms with van der Waals surface area (Å²) in [7, 11) is 1.72. The molecule has 1 aliphatic heterocycles. The number of likely N-dealkylation sites (tertiary alicyclic amines) is 1. The molecule has 2 N–H and O–H groups in total. The van der Waals surface area contributed by atoms with E-state index < -0.39 is 11.6 Å². The lowest BCUT2D eigenvalue weighted by atomic mass is 10.0. The van der Waals surface area contributed by atoms with Crippen LogP contribution >= 0.6 is 24.0 Å². The molecule has 0 aromatic heterocycles. The Morgan fingerprint density at radius 3 is 2.56 bits per heavy atom. The number of halogens is 3. The van der Waals surface area contributed by atoms with Gasteiger partial charge in [0.25, 0.3) is 0 Å². The van der Waals surface area contributed by atoms with Gasteiger partial charge in [0.05, 0.1) is 0 Å². The van der Waals surface area contributed by atoms with Crippen LogP contribution < -0.4 is 10.6 Å². The minimum atomic E-state index is -0.549. The van der Waals surface area contributed by atoms with Gasteiger partial charge in [-0.25, -0.2) is 8.78 Å². The van der Waals surface area contributed by atoms with Gasteiger partial charge in [-0.1, -0.05) is 19.4 Å². The van der Waals surface area contributed by atoms with Crippen LogP contribution in [-0.2, 0) is 0 Å². The molecular weight excluding hydrogens is 437 g/mol. The summed E-state index contributed by atoms with van der Waals surface area (Å²) in [6.45, 7) is 6.63. The van der Waals surface area contributed by atoms with Gasteiger partial charge in [-0.2, -0.15) is 0 Å². The highest BCUT2D eigenvalue weighted by Crippen LogP contribution is 2.19. The van der Waals surface area contributed by atoms with Crippen LogP contribution in [0.4, 0.5) is 8.78 Å². The van der Waals surface area contributed by atoms with Crippen LogP contribution in [0.3, 0.4) is 0 Å². The van der Waals surface area contributed by atoms with E-state index in [0.29, 0.717) is 18.1 Å². The second-order valence-corrected chi connectivity index (χ2v) is 6.35. The Balaban J connectivity index is 0.00000312. The van der Waals surface area contributed by atoms with Gasteiger partial charge in [0.1, 0.15) is 11.6 Å². The molecule has 142 valence electrons. The Labute approximate surface area is 166 Å². The average molecular weight is 466 g/mol. The molecule has 2 rings (SSSR count). The van der Waals surface area contributed by atoms with Gasteiger partial charge in [-0.05, 0) is 37.6 Å². The highest BCUT2D eigenvalue weighted by Gasteiger charge is 2.13. The molecule has 1 unspecified atom stereocenters. The van der Waals surface area contributed by atoms with Gasteiger partial charge in [0.2, 0.25) is 0 Å². The van der Waals surface area contributed by atoms with Gasteiger partial charge in [-0.15, -0.1) is 24.0 Å². The Kier molecular flexibility index (Phi) is 10.3. The van der Waals surface area contributed by atoms with Crippen LogP contribution in [0.5, 0.6) is 0 Å². The van der Waals surface area contributed by atoms with Gasteiger partial charge in [0, 0.05) is 38.7 Å². The number of hydrogen-bond acceptors (Lipinski definition) is 2. The maximum atomic E-state index is 13.8. The SMILES string of the molecule is CN=C(NCCN1CCCCC1)NCC(C)c1ccc(F)cc1F.I. The first-order chi connectivity index (χ1) is 11.6. The number of rotatable bonds is 6. The van der Waals surface area contributed by atoms with E-state index in [-0.39, 0.29) is 29.9 Å². The van der Waals surface area contributed by atoms with E-state index in [9.17, 15) is 8.78 Å². The Hall–Kier alpha value is -0.960. The molecule has 1 aromatic rings. The van der Waals surface area contributed by atoms with E-state index in [2.05, 4.69) is 20.5 Å². The second-order valence-electron chi connectivity index (χ2n) is 6.35. The number of hydrogen-bond donors (Lipinski definition) is 2. The second kappa shape index (κ2) is 11.6. The van der Waals surface area contributed by atoms with Crippen molar-refractivity contribution < 1.29 is 8.78 Å². The zero-order chi connectivity index (χ0) is 17.4. The normalized spacial score (nSPS) is 16.9. The molecule has 0 saturated carbocycles. The van der Waals surface area contributed by atoms with Crippen molar-refractivity contribution in [3.63, 3.8) is 0 Å². The molecule has 1 atom stereocenters. The van der Waals surface area contributed by atoms with Crippen molar-refractivity contribution in [3.8, 4) is 0 Å². The fraction of sp³-hybridized carbons (Fsp3) is 0.611. The van der Waals surface area contributed by atoms with Crippen molar-refractivity contribution in [2.24, 2.45) is 4.99 Å². The van der Waals surface area contributed by atoms with Gasteiger partial charge in [-0.3, -0.25) is 4.99 Å². The fourth-order valence-corrected chi connectivity index (χ4v) is 3.00. The highest BCUT2D eigenvalue weighted by molar-refractivity contribution is 14.0. The monoisotopic (exact) mass is 466 g/mol. The number of nitrogens with one attached hydrogen (secondary N) is 2. The van der Waals surface area contributed by atoms with E-state index in [0.717, 1.165) is 19.2 Å². The maximum absolute atomic E-state index is 13.8. The highest BCUT2D eigenvalue weighted by atomic mass is 127. The van der Waals surface area contributed by atoms with E-state index in [4.69, 9.17) is 0 Å². The Morgan fingerprint density at radius 1 is 1.20 bits per heavy atom. The molecule has 0 amide bonds. The first-order valence-corrected chi connectivity index (χ1v) is 8.72. The predicted octanol–water partition coefficient (Wildman–Crippen LogP) is 3.34. The fourth-order valence-electron chi connectivity index (χ4n) is 3.00. The standard InChI is InChI=1S/C18H28F2N4.HI/c1-14(16-7-6-15(19)12-17(16)20)13-23-18(21-2)22-8-11-24-9-4-3-5-10-24;/h6-7,12,14H,3-5,8-11,13H2,1-2H3,(H2,21,22,23);1H. The molecule has 4 nitrogen and oxygen atoms in total. The first kappa shape index (κ1) is 22.1. The lowest BCUT2D eigenvalue weighted by Crippen LogP contribution is -2.43. The van der Waals surface area contributed by atoms with E-state index >= 15 is 0 Å². The van der Waals surface area contributed by atoms with Crippen LogP contribution in [0.2, 0.25) is 0 Å². The quantitative estimate of drug-likeness (QED) is 0.384. The van der Waals surface area contributed by atoms with Gasteiger partial charge < -0.3 is 15.5 Å². The summed E-state index contributed by atoms with van der Waals surface area (Å²) in [6.07, 6.45) is 3.91. The number of piperidine rings is 1. The molecule has 1 saturated heterocycles. The van der Waals surface area contributed by atoms with Crippen molar-refractivity contribution in [1.29, 1.82) is 0 Å². The van der Waals surface area contributed by atoms with Crippen LogP contribution in [0, 0.1) is 11.6 Å². The van der Waals surface area contributed by atoms with Gasteiger partial charge >= 0.3 is 0 Å². The van der Waals surface area contributed by atoms with E-state index in [1.165, 1.54) is 44.5 Å². The van der Waals surface area contributed by atoms with E-state index in [1.807, 2.05) is 6.92 Å². The van der Waals surface area contributed by atoms with Gasteiger partial charge in [0.15, 0.2) is 5.96 Å². The predicted molar refractivity (Wildman–Crippen MR) is 110 cm³/mol. The van der Waals surface area contributed by atoms with Crippen molar-refractivity contribution in [3.05, 3.63) is 35.4 Å². The summed E-state index contributed by atoms with van der Waals surface area (Å²) in [5, 5.41) is 6.50. The molecule has 1 aromatic carbocycles. The van der Waals surface area contributed by atoms with Crippen molar-refractivity contribution in [2.45, 2.75) is 32.1 Å². The maximum Gasteiger partial charge on any atom is 0.191 e. The average Bonchev–Trinajstić information content (AvgIpc) is 2.58. The van der Waals surface area contributed by atoms with Crippen molar-refractivity contribution in [2.75, 3.05) is 39.8 Å². The summed E-state index contributed by atoms with van der Waals surface area (Å²) in [5.74, 6) is -0.420. The Morgan fingerprint density at radius 2 is 1.92 bits per heavy atom. The molecule has 7 heteroatoms. The summed E-state index contributed by atoms with van der Waals surface area (Å²) in [4.78, 5) is 6.65. The minimum Gasteiger partial charge on any atom is -0.356 e. The van der Waals surface area contributed by atoms with Crippen LogP contribution in [0.25, 0.3) is 0 Å². The molecule has 1 heterocycles. The first-order valence-electron chi connectivity index (χ1n) is 8.72. The number of aliphatic imine (C=N–C) groups is 1. The summed E-state index contributed by atoms with van der Waals surface area (Å²) >= 11 is 0. The third-order valence-corrected chi connectivity index (χ3v) is 4.46. The molecule has 25 heavy (non-hydrogen) atoms. The molecule has 1 aliphatic rings. The molecule has 0 aliphatic carbocycles. The van der Waals surface area contributed by atoms with Crippen LogP contribution in [-0.4, -0.2) is 50.6 Å². The van der Waals surface area contributed by atoms with Crippen LogP contribution in [0.1, 0.15) is 37.7 Å². The third-order valence-electron chi connectivity index (χ3n) is 4.46. The third kappa shape index (κ3) is 7.43. The lowest BCUT2D eigenvalue weighted by Gasteiger charge is -2.26. The molecule has 0 radical (unpaired) electrons. The zero-order valence-electron chi connectivity index (χ0n) is 15.0. The smallest absolute Gasteiger partial charge is 0.191 e. The topological polar surface area (TPSA) is 39.7 Å². The largest absolute Gasteiger partial charge is 0.356 e. The number of guanidine groups is 1. The summed E-state index contributed by atoms with van der Waals surface area (Å²) in [5.41, 5.74) is 0.507. The summed E-state index contributed by atoms with van der Waals surface area (Å²) < 4.78 is 26.8. The minimum absolute atomic E-state index is 0. The summed E-state index contributed by atoms with van der Waals surface area (Å²) in [6, 6.07) is 3.72. The number of nitrogens with zero attached hydrogens (tertiary/aromatic N) is 2. The van der Waals surface area contributed by atoms with Crippen molar-refractivity contribution >= 4 is 29.9 Å².